The number of nitrogens with zero attached hydrogens (tertiary/aromatic N) is 1. The van der Waals surface area contributed by atoms with E-state index in [0.29, 0.717) is 0 Å². The predicted octanol–water partition coefficient (Wildman–Crippen LogP) is 12.3. The molecule has 0 saturated heterocycles. The van der Waals surface area contributed by atoms with Crippen LogP contribution < -0.4 is 4.90 Å². The van der Waals surface area contributed by atoms with Crippen molar-refractivity contribution in [3.05, 3.63) is 164 Å². The maximum absolute atomic E-state index is 6.52. The minimum atomic E-state index is 0.851. The van der Waals surface area contributed by atoms with Crippen molar-refractivity contribution in [2.24, 2.45) is 0 Å². The molecule has 0 N–H and O–H groups in total. The van der Waals surface area contributed by atoms with Crippen LogP contribution in [0.25, 0.3) is 66.1 Å². The molecular formula is C42H27NO2. The van der Waals surface area contributed by atoms with Gasteiger partial charge in [0.1, 0.15) is 16.7 Å². The van der Waals surface area contributed by atoms with Gasteiger partial charge in [0.2, 0.25) is 0 Å². The Bertz CT molecular complexity index is 2470. The van der Waals surface area contributed by atoms with Crippen LogP contribution in [-0.2, 0) is 0 Å². The number of hydrogen-bond donors (Lipinski definition) is 0. The van der Waals surface area contributed by atoms with E-state index in [1.807, 2.05) is 30.3 Å². The summed E-state index contributed by atoms with van der Waals surface area (Å²) in [4.78, 5) is 2.26. The largest absolute Gasteiger partial charge is 0.456 e. The van der Waals surface area contributed by atoms with Crippen LogP contribution in [0, 0.1) is 0 Å². The number of hydrogen-bond acceptors (Lipinski definition) is 3. The molecule has 0 amide bonds. The van der Waals surface area contributed by atoms with Gasteiger partial charge in [-0.2, -0.15) is 0 Å². The summed E-state index contributed by atoms with van der Waals surface area (Å²) in [7, 11) is 0. The first kappa shape index (κ1) is 25.4. The monoisotopic (exact) mass is 577 g/mol. The lowest BCUT2D eigenvalue weighted by molar-refractivity contribution is 0.667. The molecule has 212 valence electrons. The predicted molar refractivity (Wildman–Crippen MR) is 187 cm³/mol. The topological polar surface area (TPSA) is 29.5 Å². The summed E-state index contributed by atoms with van der Waals surface area (Å²) >= 11 is 0. The molecule has 0 aliphatic carbocycles. The molecule has 0 unspecified atom stereocenters. The van der Waals surface area contributed by atoms with Crippen LogP contribution in [0.1, 0.15) is 0 Å². The van der Waals surface area contributed by atoms with Gasteiger partial charge < -0.3 is 13.7 Å². The summed E-state index contributed by atoms with van der Waals surface area (Å²) in [6, 6.07) is 57.2. The molecule has 7 aromatic carbocycles. The SMILES string of the molecule is c1ccc(-c2ccc(-c3ccc(N(c4ccc5c(c4)oc4ccccc45)c4cccc5c4oc4ccccc45)cc3)cc2)cc1. The summed E-state index contributed by atoms with van der Waals surface area (Å²) in [5.41, 5.74) is 11.2. The van der Waals surface area contributed by atoms with Gasteiger partial charge in [-0.05, 0) is 64.7 Å². The molecule has 0 radical (unpaired) electrons. The molecule has 0 saturated carbocycles. The zero-order valence-electron chi connectivity index (χ0n) is 24.4. The molecule has 0 aliphatic rings. The summed E-state index contributed by atoms with van der Waals surface area (Å²) < 4.78 is 12.8. The van der Waals surface area contributed by atoms with E-state index in [1.165, 1.54) is 16.7 Å². The number of anilines is 3. The molecule has 0 bridgehead atoms. The molecule has 0 aliphatic heterocycles. The third kappa shape index (κ3) is 4.29. The molecule has 3 heteroatoms. The van der Waals surface area contributed by atoms with Crippen molar-refractivity contribution >= 4 is 60.9 Å². The fourth-order valence-corrected chi connectivity index (χ4v) is 6.48. The minimum Gasteiger partial charge on any atom is -0.456 e. The van der Waals surface area contributed by atoms with Crippen LogP contribution in [0.4, 0.5) is 17.1 Å². The van der Waals surface area contributed by atoms with E-state index in [1.54, 1.807) is 0 Å². The van der Waals surface area contributed by atoms with Crippen LogP contribution in [-0.4, -0.2) is 0 Å². The lowest BCUT2D eigenvalue weighted by atomic mass is 10.00. The molecule has 9 rings (SSSR count). The molecule has 0 atom stereocenters. The van der Waals surface area contributed by atoms with Crippen LogP contribution in [0.2, 0.25) is 0 Å². The maximum atomic E-state index is 6.52. The Morgan fingerprint density at radius 1 is 0.333 bits per heavy atom. The van der Waals surface area contributed by atoms with Crippen molar-refractivity contribution in [1.82, 2.24) is 0 Å². The van der Waals surface area contributed by atoms with E-state index < -0.39 is 0 Å². The van der Waals surface area contributed by atoms with Gasteiger partial charge in [-0.3, -0.25) is 0 Å². The molecule has 0 fully saturated rings. The highest BCUT2D eigenvalue weighted by atomic mass is 16.3. The first-order valence-electron chi connectivity index (χ1n) is 15.2. The van der Waals surface area contributed by atoms with Gasteiger partial charge in [0.05, 0.1) is 11.4 Å². The van der Waals surface area contributed by atoms with E-state index >= 15 is 0 Å². The number of para-hydroxylation sites is 3. The highest BCUT2D eigenvalue weighted by Gasteiger charge is 2.20. The van der Waals surface area contributed by atoms with E-state index in [-0.39, 0.29) is 0 Å². The molecule has 2 aromatic heterocycles. The van der Waals surface area contributed by atoms with Crippen molar-refractivity contribution in [1.29, 1.82) is 0 Å². The fourth-order valence-electron chi connectivity index (χ4n) is 6.48. The van der Waals surface area contributed by atoms with E-state index in [4.69, 9.17) is 8.83 Å². The van der Waals surface area contributed by atoms with E-state index in [9.17, 15) is 0 Å². The summed E-state index contributed by atoms with van der Waals surface area (Å²) in [5.74, 6) is 0. The second-order valence-corrected chi connectivity index (χ2v) is 11.4. The summed E-state index contributed by atoms with van der Waals surface area (Å²) in [6.07, 6.45) is 0. The zero-order valence-corrected chi connectivity index (χ0v) is 24.4. The van der Waals surface area contributed by atoms with Gasteiger partial charge in [0.15, 0.2) is 5.58 Å². The smallest absolute Gasteiger partial charge is 0.159 e. The highest BCUT2D eigenvalue weighted by Crippen LogP contribution is 2.43. The van der Waals surface area contributed by atoms with Crippen LogP contribution in [0.15, 0.2) is 173 Å². The van der Waals surface area contributed by atoms with Gasteiger partial charge >= 0.3 is 0 Å². The van der Waals surface area contributed by atoms with E-state index in [2.05, 4.69) is 138 Å². The molecule has 9 aromatic rings. The normalized spacial score (nSPS) is 11.6. The average Bonchev–Trinajstić information content (AvgIpc) is 3.68. The molecule has 3 nitrogen and oxygen atoms in total. The second kappa shape index (κ2) is 10.3. The second-order valence-electron chi connectivity index (χ2n) is 11.4. The van der Waals surface area contributed by atoms with Crippen LogP contribution in [0.5, 0.6) is 0 Å². The van der Waals surface area contributed by atoms with Crippen molar-refractivity contribution < 1.29 is 8.83 Å². The third-order valence-electron chi connectivity index (χ3n) is 8.70. The zero-order chi connectivity index (χ0) is 29.7. The first-order valence-corrected chi connectivity index (χ1v) is 15.2. The van der Waals surface area contributed by atoms with Crippen molar-refractivity contribution in [3.8, 4) is 22.3 Å². The Labute approximate surface area is 260 Å². The fraction of sp³-hybridized carbons (Fsp3) is 0. The van der Waals surface area contributed by atoms with Gasteiger partial charge in [-0.15, -0.1) is 0 Å². The van der Waals surface area contributed by atoms with Crippen molar-refractivity contribution in [2.45, 2.75) is 0 Å². The van der Waals surface area contributed by atoms with Gasteiger partial charge in [-0.25, -0.2) is 0 Å². The first-order chi connectivity index (χ1) is 22.3. The van der Waals surface area contributed by atoms with E-state index in [0.717, 1.165) is 66.5 Å². The summed E-state index contributed by atoms with van der Waals surface area (Å²) in [5, 5.41) is 4.42. The number of benzene rings is 7. The van der Waals surface area contributed by atoms with Gasteiger partial charge in [-0.1, -0.05) is 115 Å². The Morgan fingerprint density at radius 2 is 0.844 bits per heavy atom. The molecule has 2 heterocycles. The molecular weight excluding hydrogens is 550 g/mol. The maximum Gasteiger partial charge on any atom is 0.159 e. The Kier molecular flexibility index (Phi) is 5.82. The van der Waals surface area contributed by atoms with Crippen LogP contribution >= 0.6 is 0 Å². The van der Waals surface area contributed by atoms with Crippen molar-refractivity contribution in [3.63, 3.8) is 0 Å². The minimum absolute atomic E-state index is 0.851. The summed E-state index contributed by atoms with van der Waals surface area (Å²) in [6.45, 7) is 0. The lowest BCUT2D eigenvalue weighted by Gasteiger charge is -2.25. The standard InChI is InChI=1S/C42H27NO2/c1-2-9-28(10-3-1)29-17-19-30(20-18-29)31-21-23-32(24-22-31)43(33-25-26-36-34-11-4-6-15-39(34)44-41(36)27-33)38-14-8-13-37-35-12-5-7-16-40(35)45-42(37)38/h1-27H. The van der Waals surface area contributed by atoms with Crippen LogP contribution in [0.3, 0.4) is 0 Å². The van der Waals surface area contributed by atoms with Gasteiger partial charge in [0, 0.05) is 33.3 Å². The van der Waals surface area contributed by atoms with Gasteiger partial charge in [0.25, 0.3) is 0 Å². The highest BCUT2D eigenvalue weighted by molar-refractivity contribution is 6.11. The Morgan fingerprint density at radius 3 is 1.56 bits per heavy atom. The lowest BCUT2D eigenvalue weighted by Crippen LogP contribution is -2.10. The van der Waals surface area contributed by atoms with Crippen molar-refractivity contribution in [2.75, 3.05) is 4.90 Å². The quantitative estimate of drug-likeness (QED) is 0.204. The number of furan rings is 2. The Balaban J connectivity index is 1.18. The Hall–Kier alpha value is -6.06. The molecule has 45 heavy (non-hydrogen) atoms. The average molecular weight is 578 g/mol. The number of rotatable bonds is 5. The number of fused-ring (bicyclic) bond motifs is 6. The third-order valence-corrected chi connectivity index (χ3v) is 8.70. The molecule has 0 spiro atoms.